The lowest BCUT2D eigenvalue weighted by Crippen LogP contribution is -2.36. The first kappa shape index (κ1) is 23.9. The lowest BCUT2D eigenvalue weighted by atomic mass is 10.0. The summed E-state index contributed by atoms with van der Waals surface area (Å²) in [5, 5.41) is 1.16. The minimum Gasteiger partial charge on any atom is -0.497 e. The van der Waals surface area contributed by atoms with Gasteiger partial charge in [0.1, 0.15) is 5.75 Å². The number of aromatic nitrogens is 1. The molecule has 36 heavy (non-hydrogen) atoms. The van der Waals surface area contributed by atoms with Crippen LogP contribution in [0.15, 0.2) is 72.8 Å². The molecule has 0 radical (unpaired) electrons. The second-order valence-electron chi connectivity index (χ2n) is 9.27. The summed E-state index contributed by atoms with van der Waals surface area (Å²) in [6.07, 6.45) is 1.12. The van der Waals surface area contributed by atoms with Gasteiger partial charge >= 0.3 is 0 Å². The van der Waals surface area contributed by atoms with Crippen LogP contribution in [0.25, 0.3) is 22.2 Å². The van der Waals surface area contributed by atoms with Crippen LogP contribution in [-0.4, -0.2) is 56.3 Å². The van der Waals surface area contributed by atoms with E-state index in [1.807, 2.05) is 36.2 Å². The molecule has 186 valence electrons. The Morgan fingerprint density at radius 2 is 1.72 bits per heavy atom. The van der Waals surface area contributed by atoms with Gasteiger partial charge in [-0.05, 0) is 65.6 Å². The van der Waals surface area contributed by atoms with Crippen LogP contribution in [0.2, 0.25) is 0 Å². The minimum atomic E-state index is 0.137. The summed E-state index contributed by atoms with van der Waals surface area (Å²) in [4.78, 5) is 20.8. The SMILES string of the molecule is COc1ccc(-c2[nH]c3ccccc3c2CCC(=O)N(C)Cc2ccc(N3CCOCC3)cc2)cc1. The molecule has 4 aromatic rings. The molecule has 6 heteroatoms. The molecule has 0 unspecified atom stereocenters. The molecule has 0 spiro atoms. The van der Waals surface area contributed by atoms with Gasteiger partial charge in [0.25, 0.3) is 0 Å². The van der Waals surface area contributed by atoms with E-state index in [-0.39, 0.29) is 5.91 Å². The summed E-state index contributed by atoms with van der Waals surface area (Å²) in [6, 6.07) is 24.9. The summed E-state index contributed by atoms with van der Waals surface area (Å²) in [5.41, 5.74) is 6.75. The van der Waals surface area contributed by atoms with E-state index in [4.69, 9.17) is 9.47 Å². The predicted molar refractivity (Wildman–Crippen MR) is 145 cm³/mol. The van der Waals surface area contributed by atoms with E-state index < -0.39 is 0 Å². The molecule has 1 aromatic heterocycles. The Balaban J connectivity index is 1.26. The largest absolute Gasteiger partial charge is 0.497 e. The number of anilines is 1. The first-order valence-electron chi connectivity index (χ1n) is 12.5. The molecular formula is C30H33N3O3. The monoisotopic (exact) mass is 483 g/mol. The number of para-hydroxylation sites is 1. The van der Waals surface area contributed by atoms with Gasteiger partial charge in [-0.15, -0.1) is 0 Å². The van der Waals surface area contributed by atoms with Gasteiger partial charge in [0.15, 0.2) is 0 Å². The van der Waals surface area contributed by atoms with Gasteiger partial charge in [-0.3, -0.25) is 4.79 Å². The van der Waals surface area contributed by atoms with Crippen LogP contribution in [0.5, 0.6) is 5.75 Å². The maximum atomic E-state index is 13.1. The van der Waals surface area contributed by atoms with Crippen molar-refractivity contribution < 1.29 is 14.3 Å². The van der Waals surface area contributed by atoms with E-state index in [1.54, 1.807) is 7.11 Å². The summed E-state index contributed by atoms with van der Waals surface area (Å²) in [6.45, 7) is 3.99. The average Bonchev–Trinajstić information content (AvgIpc) is 3.31. The zero-order valence-corrected chi connectivity index (χ0v) is 21.0. The standard InChI is InChI=1S/C30H33N3O3/c1-32(21-22-7-11-24(12-8-22)33-17-19-36-20-18-33)29(34)16-15-27-26-5-3-4-6-28(26)31-30(27)23-9-13-25(35-2)14-10-23/h3-14,31H,15-21H2,1-2H3. The Bertz CT molecular complexity index is 1310. The maximum absolute atomic E-state index is 13.1. The molecule has 1 aliphatic heterocycles. The van der Waals surface area contributed by atoms with Gasteiger partial charge < -0.3 is 24.3 Å². The average molecular weight is 484 g/mol. The molecule has 0 saturated carbocycles. The molecule has 1 fully saturated rings. The molecule has 0 aliphatic carbocycles. The van der Waals surface area contributed by atoms with Crippen LogP contribution in [-0.2, 0) is 22.5 Å². The first-order valence-corrected chi connectivity index (χ1v) is 12.5. The number of carbonyl (C=O) groups excluding carboxylic acids is 1. The molecule has 0 bridgehead atoms. The number of methoxy groups -OCH3 is 1. The van der Waals surface area contributed by atoms with Crippen molar-refractivity contribution in [2.75, 3.05) is 45.4 Å². The Kier molecular flexibility index (Phi) is 7.23. The smallest absolute Gasteiger partial charge is 0.222 e. The van der Waals surface area contributed by atoms with Gasteiger partial charge in [-0.1, -0.05) is 30.3 Å². The first-order chi connectivity index (χ1) is 17.6. The molecule has 6 nitrogen and oxygen atoms in total. The van der Waals surface area contributed by atoms with Crippen molar-refractivity contribution in [1.29, 1.82) is 0 Å². The lowest BCUT2D eigenvalue weighted by molar-refractivity contribution is -0.130. The van der Waals surface area contributed by atoms with Crippen LogP contribution in [0.3, 0.4) is 0 Å². The number of amides is 1. The number of morpholine rings is 1. The number of hydrogen-bond donors (Lipinski definition) is 1. The fraction of sp³-hybridized carbons (Fsp3) is 0.300. The highest BCUT2D eigenvalue weighted by Gasteiger charge is 2.17. The van der Waals surface area contributed by atoms with E-state index in [2.05, 4.69) is 58.4 Å². The Morgan fingerprint density at radius 1 is 1.00 bits per heavy atom. The second kappa shape index (κ2) is 10.9. The van der Waals surface area contributed by atoms with Gasteiger partial charge in [0.05, 0.1) is 20.3 Å². The number of nitrogens with zero attached hydrogens (tertiary/aromatic N) is 2. The van der Waals surface area contributed by atoms with Crippen LogP contribution >= 0.6 is 0 Å². The summed E-state index contributed by atoms with van der Waals surface area (Å²) in [7, 11) is 3.56. The normalized spacial score (nSPS) is 13.7. The number of nitrogens with one attached hydrogen (secondary N) is 1. The van der Waals surface area contributed by atoms with Crippen molar-refractivity contribution in [3.8, 4) is 17.0 Å². The summed E-state index contributed by atoms with van der Waals surface area (Å²) >= 11 is 0. The molecule has 5 rings (SSSR count). The quantitative estimate of drug-likeness (QED) is 0.371. The molecule has 1 amide bonds. The third-order valence-corrected chi connectivity index (χ3v) is 6.94. The maximum Gasteiger partial charge on any atom is 0.222 e. The fourth-order valence-electron chi connectivity index (χ4n) is 4.88. The number of carbonyl (C=O) groups is 1. The zero-order chi connectivity index (χ0) is 24.9. The van der Waals surface area contributed by atoms with E-state index in [9.17, 15) is 4.79 Å². The molecule has 1 aliphatic rings. The molecule has 1 N–H and O–H groups in total. The summed E-state index contributed by atoms with van der Waals surface area (Å²) in [5.74, 6) is 0.962. The molecule has 1 saturated heterocycles. The Hall–Kier alpha value is -3.77. The number of ether oxygens (including phenoxy) is 2. The van der Waals surface area contributed by atoms with Crippen molar-refractivity contribution in [3.05, 3.63) is 83.9 Å². The van der Waals surface area contributed by atoms with Crippen molar-refractivity contribution in [1.82, 2.24) is 9.88 Å². The van der Waals surface area contributed by atoms with Crippen LogP contribution in [0.4, 0.5) is 5.69 Å². The number of hydrogen-bond acceptors (Lipinski definition) is 4. The predicted octanol–water partition coefficient (Wildman–Crippen LogP) is 5.27. The topological polar surface area (TPSA) is 57.8 Å². The Labute approximate surface area is 212 Å². The van der Waals surface area contributed by atoms with Crippen molar-refractivity contribution in [3.63, 3.8) is 0 Å². The number of aryl methyl sites for hydroxylation is 1. The van der Waals surface area contributed by atoms with E-state index in [0.29, 0.717) is 19.4 Å². The minimum absolute atomic E-state index is 0.137. The van der Waals surface area contributed by atoms with Gasteiger partial charge in [0, 0.05) is 55.4 Å². The summed E-state index contributed by atoms with van der Waals surface area (Å²) < 4.78 is 10.8. The molecule has 3 aromatic carbocycles. The third-order valence-electron chi connectivity index (χ3n) is 6.94. The van der Waals surface area contributed by atoms with E-state index in [0.717, 1.165) is 59.8 Å². The lowest BCUT2D eigenvalue weighted by Gasteiger charge is -2.29. The van der Waals surface area contributed by atoms with Gasteiger partial charge in [0.2, 0.25) is 5.91 Å². The number of aromatic amines is 1. The number of rotatable bonds is 8. The van der Waals surface area contributed by atoms with Crippen LogP contribution in [0, 0.1) is 0 Å². The van der Waals surface area contributed by atoms with Crippen molar-refractivity contribution >= 4 is 22.5 Å². The highest BCUT2D eigenvalue weighted by molar-refractivity contribution is 5.91. The van der Waals surface area contributed by atoms with Gasteiger partial charge in [-0.2, -0.15) is 0 Å². The van der Waals surface area contributed by atoms with E-state index >= 15 is 0 Å². The van der Waals surface area contributed by atoms with Crippen molar-refractivity contribution in [2.24, 2.45) is 0 Å². The fourth-order valence-corrected chi connectivity index (χ4v) is 4.88. The number of H-pyrrole nitrogens is 1. The highest BCUT2D eigenvalue weighted by Crippen LogP contribution is 2.32. The second-order valence-corrected chi connectivity index (χ2v) is 9.27. The van der Waals surface area contributed by atoms with Crippen molar-refractivity contribution in [2.45, 2.75) is 19.4 Å². The van der Waals surface area contributed by atoms with E-state index in [1.165, 1.54) is 11.3 Å². The van der Waals surface area contributed by atoms with Crippen LogP contribution in [0.1, 0.15) is 17.5 Å². The molecular weight excluding hydrogens is 450 g/mol. The Morgan fingerprint density at radius 3 is 2.44 bits per heavy atom. The van der Waals surface area contributed by atoms with Crippen LogP contribution < -0.4 is 9.64 Å². The molecule has 0 atom stereocenters. The van der Waals surface area contributed by atoms with Gasteiger partial charge in [-0.25, -0.2) is 0 Å². The molecule has 2 heterocycles. The number of benzene rings is 3. The highest BCUT2D eigenvalue weighted by atomic mass is 16.5. The number of fused-ring (bicyclic) bond motifs is 1. The third kappa shape index (κ3) is 5.24. The zero-order valence-electron chi connectivity index (χ0n) is 21.0.